The second-order valence-corrected chi connectivity index (χ2v) is 4.72. The Labute approximate surface area is 114 Å². The number of aliphatic hydroxyl groups excluding tert-OH is 1. The molecular formula is C8H6F9IO. The van der Waals surface area contributed by atoms with Crippen molar-refractivity contribution in [1.29, 1.82) is 0 Å². The molecule has 0 aliphatic rings. The summed E-state index contributed by atoms with van der Waals surface area (Å²) in [5, 5.41) is 8.75. The van der Waals surface area contributed by atoms with E-state index in [2.05, 4.69) is 0 Å². The molecule has 0 spiro atoms. The highest BCUT2D eigenvalue weighted by Crippen LogP contribution is 2.53. The third-order valence-electron chi connectivity index (χ3n) is 1.89. The predicted molar refractivity (Wildman–Crippen MR) is 54.7 cm³/mol. The van der Waals surface area contributed by atoms with Crippen LogP contribution in [0.4, 0.5) is 39.5 Å². The summed E-state index contributed by atoms with van der Waals surface area (Å²) >= 11 is 0.917. The van der Waals surface area contributed by atoms with Crippen LogP contribution in [0, 0.1) is 0 Å². The minimum Gasteiger partial charge on any atom is -0.388 e. The van der Waals surface area contributed by atoms with E-state index in [1.165, 1.54) is 0 Å². The maximum atomic E-state index is 12.9. The lowest BCUT2D eigenvalue weighted by Gasteiger charge is -2.32. The lowest BCUT2D eigenvalue weighted by Crippen LogP contribution is -2.60. The van der Waals surface area contributed by atoms with Crippen LogP contribution in [0.25, 0.3) is 0 Å². The van der Waals surface area contributed by atoms with Gasteiger partial charge in [0.05, 0.1) is 6.10 Å². The largest absolute Gasteiger partial charge is 0.460 e. The lowest BCUT2D eigenvalue weighted by atomic mass is 10.0. The standard InChI is InChI=1S/C8H6F9IO/c1-3(19)4(18)2-5(9,10)6(11,12)7(13,14)8(15,16)17/h2-3,19H,1H3. The number of halogens is 10. The van der Waals surface area contributed by atoms with E-state index in [4.69, 9.17) is 5.11 Å². The van der Waals surface area contributed by atoms with Crippen molar-refractivity contribution >= 4 is 22.6 Å². The first-order chi connectivity index (χ1) is 8.08. The predicted octanol–water partition coefficient (Wildman–Crippen LogP) is 4.15. The molecule has 0 radical (unpaired) electrons. The molecule has 0 aromatic carbocycles. The highest BCUT2D eigenvalue weighted by molar-refractivity contribution is 14.1. The second-order valence-electron chi connectivity index (χ2n) is 3.47. The van der Waals surface area contributed by atoms with E-state index in [-0.39, 0.29) is 0 Å². The highest BCUT2D eigenvalue weighted by atomic mass is 127. The molecule has 0 aliphatic heterocycles. The Hall–Kier alpha value is -0.200. The van der Waals surface area contributed by atoms with E-state index in [0.29, 0.717) is 0 Å². The monoisotopic (exact) mass is 416 g/mol. The average molecular weight is 416 g/mol. The molecular weight excluding hydrogens is 410 g/mol. The maximum Gasteiger partial charge on any atom is 0.460 e. The van der Waals surface area contributed by atoms with Gasteiger partial charge in [-0.3, -0.25) is 0 Å². The van der Waals surface area contributed by atoms with Gasteiger partial charge in [0.15, 0.2) is 0 Å². The molecule has 0 saturated heterocycles. The van der Waals surface area contributed by atoms with Crippen molar-refractivity contribution in [1.82, 2.24) is 0 Å². The summed E-state index contributed by atoms with van der Waals surface area (Å²) in [6, 6.07) is 0. The molecule has 0 bridgehead atoms. The van der Waals surface area contributed by atoms with Gasteiger partial charge in [-0.05, 0) is 29.5 Å². The fourth-order valence-corrected chi connectivity index (χ4v) is 1.16. The molecule has 0 fully saturated rings. The van der Waals surface area contributed by atoms with Crippen molar-refractivity contribution in [3.63, 3.8) is 0 Å². The molecule has 1 nitrogen and oxygen atoms in total. The third kappa shape index (κ3) is 3.47. The summed E-state index contributed by atoms with van der Waals surface area (Å²) in [5.41, 5.74) is 0. The van der Waals surface area contributed by atoms with Gasteiger partial charge < -0.3 is 5.11 Å². The zero-order chi connectivity index (χ0) is 15.9. The minimum absolute atomic E-state index is 0.822. The lowest BCUT2D eigenvalue weighted by molar-refractivity contribution is -0.388. The van der Waals surface area contributed by atoms with Crippen LogP contribution in [0.2, 0.25) is 0 Å². The van der Waals surface area contributed by atoms with E-state index < -0.39 is 39.7 Å². The molecule has 0 saturated carbocycles. The molecule has 1 unspecified atom stereocenters. The van der Waals surface area contributed by atoms with Gasteiger partial charge in [-0.15, -0.1) is 0 Å². The van der Waals surface area contributed by atoms with Crippen molar-refractivity contribution in [3.05, 3.63) is 9.66 Å². The molecule has 0 aromatic heterocycles. The van der Waals surface area contributed by atoms with Crippen LogP contribution >= 0.6 is 22.6 Å². The Morgan fingerprint density at radius 3 is 1.58 bits per heavy atom. The van der Waals surface area contributed by atoms with E-state index in [0.717, 1.165) is 29.5 Å². The fraction of sp³-hybridized carbons (Fsp3) is 0.750. The summed E-state index contributed by atoms with van der Waals surface area (Å²) in [5.74, 6) is -19.4. The molecule has 1 atom stereocenters. The third-order valence-corrected chi connectivity index (χ3v) is 3.10. The zero-order valence-corrected chi connectivity index (χ0v) is 11.0. The molecule has 0 amide bonds. The number of alkyl halides is 9. The quantitative estimate of drug-likeness (QED) is 0.540. The number of hydrogen-bond acceptors (Lipinski definition) is 1. The number of aliphatic hydroxyl groups is 1. The van der Waals surface area contributed by atoms with Crippen LogP contribution in [-0.2, 0) is 0 Å². The van der Waals surface area contributed by atoms with Crippen LogP contribution in [-0.4, -0.2) is 35.2 Å². The van der Waals surface area contributed by atoms with Crippen LogP contribution < -0.4 is 0 Å². The van der Waals surface area contributed by atoms with Crippen LogP contribution in [0.1, 0.15) is 6.92 Å². The van der Waals surface area contributed by atoms with Gasteiger partial charge >= 0.3 is 23.9 Å². The molecule has 11 heteroatoms. The Morgan fingerprint density at radius 1 is 0.947 bits per heavy atom. The van der Waals surface area contributed by atoms with Gasteiger partial charge in [0.25, 0.3) is 0 Å². The van der Waals surface area contributed by atoms with Crippen molar-refractivity contribution in [2.24, 2.45) is 0 Å². The molecule has 0 aromatic rings. The van der Waals surface area contributed by atoms with Gasteiger partial charge in [0.2, 0.25) is 0 Å². The second kappa shape index (κ2) is 5.30. The highest BCUT2D eigenvalue weighted by Gasteiger charge is 2.81. The molecule has 0 aliphatic carbocycles. The molecule has 0 heterocycles. The molecule has 114 valence electrons. The number of allylic oxidation sites excluding steroid dienone is 1. The molecule has 0 rings (SSSR count). The van der Waals surface area contributed by atoms with Gasteiger partial charge in [-0.25, -0.2) is 0 Å². The fourth-order valence-electron chi connectivity index (χ4n) is 0.772. The number of rotatable bonds is 4. The van der Waals surface area contributed by atoms with Crippen molar-refractivity contribution in [2.75, 3.05) is 0 Å². The van der Waals surface area contributed by atoms with Gasteiger partial charge in [0.1, 0.15) is 0 Å². The summed E-state index contributed by atoms with van der Waals surface area (Å²) in [6.07, 6.45) is -9.39. The summed E-state index contributed by atoms with van der Waals surface area (Å²) in [4.78, 5) is 0. The smallest absolute Gasteiger partial charge is 0.388 e. The Kier molecular flexibility index (Phi) is 5.24. The van der Waals surface area contributed by atoms with E-state index in [9.17, 15) is 39.5 Å². The minimum atomic E-state index is -6.92. The Balaban J connectivity index is 5.71. The zero-order valence-electron chi connectivity index (χ0n) is 8.88. The van der Waals surface area contributed by atoms with Crippen molar-refractivity contribution < 1.29 is 44.6 Å². The first-order valence-electron chi connectivity index (χ1n) is 4.34. The van der Waals surface area contributed by atoms with Crippen molar-refractivity contribution in [2.45, 2.75) is 37.0 Å². The van der Waals surface area contributed by atoms with Gasteiger partial charge in [-0.1, -0.05) is 0 Å². The van der Waals surface area contributed by atoms with Gasteiger partial charge in [-0.2, -0.15) is 39.5 Å². The van der Waals surface area contributed by atoms with E-state index in [1.54, 1.807) is 0 Å². The van der Waals surface area contributed by atoms with Crippen molar-refractivity contribution in [3.8, 4) is 0 Å². The summed E-state index contributed by atoms with van der Waals surface area (Å²) in [7, 11) is 0. The maximum absolute atomic E-state index is 12.9. The van der Waals surface area contributed by atoms with E-state index in [1.807, 2.05) is 0 Å². The number of hydrogen-bond donors (Lipinski definition) is 1. The average Bonchev–Trinajstić information content (AvgIpc) is 2.14. The Morgan fingerprint density at radius 2 is 1.32 bits per heavy atom. The first kappa shape index (κ1) is 18.8. The summed E-state index contributed by atoms with van der Waals surface area (Å²) in [6.45, 7) is 0.842. The Bertz CT molecular complexity index is 358. The SMILES string of the molecule is CC(O)C(I)=CC(F)(F)C(F)(F)C(F)(F)C(F)(F)F. The van der Waals surface area contributed by atoms with Gasteiger partial charge in [0, 0.05) is 9.66 Å². The first-order valence-corrected chi connectivity index (χ1v) is 5.42. The van der Waals surface area contributed by atoms with Crippen LogP contribution in [0.3, 0.4) is 0 Å². The molecule has 1 N–H and O–H groups in total. The topological polar surface area (TPSA) is 20.2 Å². The summed E-state index contributed by atoms with van der Waals surface area (Å²) < 4.78 is 110. The molecule has 19 heavy (non-hydrogen) atoms. The van der Waals surface area contributed by atoms with Crippen LogP contribution in [0.15, 0.2) is 9.66 Å². The normalized spacial score (nSPS) is 17.6. The van der Waals surface area contributed by atoms with Crippen LogP contribution in [0.5, 0.6) is 0 Å². The van der Waals surface area contributed by atoms with E-state index >= 15 is 0 Å².